The van der Waals surface area contributed by atoms with Crippen LogP contribution in [0, 0.1) is 11.8 Å². The second kappa shape index (κ2) is 5.65. The van der Waals surface area contributed by atoms with Crippen molar-refractivity contribution in [1.82, 2.24) is 0 Å². The highest BCUT2D eigenvalue weighted by Crippen LogP contribution is 2.36. The molecule has 0 amide bonds. The average Bonchev–Trinajstić information content (AvgIpc) is 2.88. The standard InChI is InChI=1S/C13H19BrOS/c1-2-9-3-4-10(7-9)12(15)8-13-11(14)5-6-16-13/h5-6,9-10,12,15H,2-4,7-8H2,1H3. The van der Waals surface area contributed by atoms with Crippen LogP contribution >= 0.6 is 27.3 Å². The number of aliphatic hydroxyl groups excluding tert-OH is 1. The Bertz CT molecular complexity index is 336. The fraction of sp³-hybridized carbons (Fsp3) is 0.692. The lowest BCUT2D eigenvalue weighted by Gasteiger charge is -2.17. The smallest absolute Gasteiger partial charge is 0.0617 e. The molecule has 0 aliphatic heterocycles. The summed E-state index contributed by atoms with van der Waals surface area (Å²) in [4.78, 5) is 1.28. The second-order valence-corrected chi connectivity index (χ2v) is 6.67. The molecule has 3 unspecified atom stereocenters. The van der Waals surface area contributed by atoms with E-state index in [1.54, 1.807) is 11.3 Å². The molecular formula is C13H19BrOS. The maximum atomic E-state index is 10.2. The Kier molecular flexibility index (Phi) is 4.45. The number of thiophene rings is 1. The Balaban J connectivity index is 1.89. The van der Waals surface area contributed by atoms with Gasteiger partial charge in [-0.15, -0.1) is 11.3 Å². The predicted molar refractivity (Wildman–Crippen MR) is 72.9 cm³/mol. The maximum Gasteiger partial charge on any atom is 0.0617 e. The first kappa shape index (κ1) is 12.6. The zero-order valence-electron chi connectivity index (χ0n) is 9.66. The largest absolute Gasteiger partial charge is 0.392 e. The molecule has 1 aromatic rings. The summed E-state index contributed by atoms with van der Waals surface area (Å²) < 4.78 is 1.15. The Morgan fingerprint density at radius 3 is 2.94 bits per heavy atom. The average molecular weight is 303 g/mol. The zero-order valence-corrected chi connectivity index (χ0v) is 12.1. The van der Waals surface area contributed by atoms with Crippen LogP contribution < -0.4 is 0 Å². The van der Waals surface area contributed by atoms with Gasteiger partial charge in [0.2, 0.25) is 0 Å². The van der Waals surface area contributed by atoms with Crippen LogP contribution in [0.25, 0.3) is 0 Å². The summed E-state index contributed by atoms with van der Waals surface area (Å²) in [7, 11) is 0. The molecule has 0 aromatic carbocycles. The molecule has 90 valence electrons. The molecule has 1 fully saturated rings. The maximum absolute atomic E-state index is 10.2. The summed E-state index contributed by atoms with van der Waals surface area (Å²) in [6.45, 7) is 2.26. The molecule has 3 heteroatoms. The lowest BCUT2D eigenvalue weighted by Crippen LogP contribution is -2.20. The van der Waals surface area contributed by atoms with E-state index in [-0.39, 0.29) is 6.10 Å². The van der Waals surface area contributed by atoms with Crippen molar-refractivity contribution in [1.29, 1.82) is 0 Å². The third-order valence-corrected chi connectivity index (χ3v) is 5.74. The summed E-state index contributed by atoms with van der Waals surface area (Å²) in [5.41, 5.74) is 0. The van der Waals surface area contributed by atoms with Gasteiger partial charge < -0.3 is 5.11 Å². The van der Waals surface area contributed by atoms with E-state index in [9.17, 15) is 5.11 Å². The summed E-state index contributed by atoms with van der Waals surface area (Å²) in [6.07, 6.45) is 5.69. The molecule has 1 nitrogen and oxygen atoms in total. The van der Waals surface area contributed by atoms with Gasteiger partial charge in [0.25, 0.3) is 0 Å². The van der Waals surface area contributed by atoms with Crippen molar-refractivity contribution in [2.75, 3.05) is 0 Å². The Labute approximate surface area is 110 Å². The van der Waals surface area contributed by atoms with E-state index < -0.39 is 0 Å². The van der Waals surface area contributed by atoms with Crippen LogP contribution in [-0.4, -0.2) is 11.2 Å². The summed E-state index contributed by atoms with van der Waals surface area (Å²) >= 11 is 5.26. The van der Waals surface area contributed by atoms with Crippen LogP contribution in [0.1, 0.15) is 37.5 Å². The predicted octanol–water partition coefficient (Wildman–Crippen LogP) is 4.24. The van der Waals surface area contributed by atoms with Gasteiger partial charge in [0.15, 0.2) is 0 Å². The highest BCUT2D eigenvalue weighted by Gasteiger charge is 2.29. The van der Waals surface area contributed by atoms with Gasteiger partial charge in [0.1, 0.15) is 0 Å². The highest BCUT2D eigenvalue weighted by molar-refractivity contribution is 9.10. The number of halogens is 1. The van der Waals surface area contributed by atoms with Gasteiger partial charge in [-0.25, -0.2) is 0 Å². The van der Waals surface area contributed by atoms with Crippen molar-refractivity contribution in [3.63, 3.8) is 0 Å². The van der Waals surface area contributed by atoms with Crippen LogP contribution in [0.5, 0.6) is 0 Å². The molecule has 0 radical (unpaired) electrons. The van der Waals surface area contributed by atoms with Gasteiger partial charge in [0, 0.05) is 15.8 Å². The van der Waals surface area contributed by atoms with E-state index in [0.29, 0.717) is 5.92 Å². The Morgan fingerprint density at radius 1 is 1.56 bits per heavy atom. The Morgan fingerprint density at radius 2 is 2.38 bits per heavy atom. The fourth-order valence-corrected chi connectivity index (χ4v) is 4.23. The van der Waals surface area contributed by atoms with Crippen molar-refractivity contribution < 1.29 is 5.11 Å². The van der Waals surface area contributed by atoms with Crippen molar-refractivity contribution >= 4 is 27.3 Å². The molecule has 1 aromatic heterocycles. The van der Waals surface area contributed by atoms with Gasteiger partial charge in [-0.05, 0) is 52.1 Å². The summed E-state index contributed by atoms with van der Waals surface area (Å²) in [5, 5.41) is 12.3. The molecule has 0 spiro atoms. The topological polar surface area (TPSA) is 20.2 Å². The SMILES string of the molecule is CCC1CCC(C(O)Cc2sccc2Br)C1. The first-order valence-electron chi connectivity index (χ1n) is 6.10. The molecule has 16 heavy (non-hydrogen) atoms. The van der Waals surface area contributed by atoms with E-state index in [2.05, 4.69) is 34.3 Å². The van der Waals surface area contributed by atoms with E-state index >= 15 is 0 Å². The van der Waals surface area contributed by atoms with Crippen molar-refractivity contribution in [2.24, 2.45) is 11.8 Å². The second-order valence-electron chi connectivity index (χ2n) is 4.81. The van der Waals surface area contributed by atoms with Crippen LogP contribution in [0.2, 0.25) is 0 Å². The number of rotatable bonds is 4. The number of hydrogen-bond donors (Lipinski definition) is 1. The van der Waals surface area contributed by atoms with Gasteiger partial charge in [-0.3, -0.25) is 0 Å². The van der Waals surface area contributed by atoms with Crippen LogP contribution in [0.3, 0.4) is 0 Å². The molecule has 0 saturated heterocycles. The first-order valence-corrected chi connectivity index (χ1v) is 7.78. The van der Waals surface area contributed by atoms with Gasteiger partial charge in [0.05, 0.1) is 6.10 Å². The summed E-state index contributed by atoms with van der Waals surface area (Å²) in [5.74, 6) is 1.38. The fourth-order valence-electron chi connectivity index (χ4n) is 2.66. The monoisotopic (exact) mass is 302 g/mol. The molecule has 1 saturated carbocycles. The van der Waals surface area contributed by atoms with Crippen molar-refractivity contribution in [3.05, 3.63) is 20.8 Å². The van der Waals surface area contributed by atoms with E-state index in [1.165, 1.54) is 30.6 Å². The third kappa shape index (κ3) is 2.88. The van der Waals surface area contributed by atoms with Crippen LogP contribution in [0.4, 0.5) is 0 Å². The minimum absolute atomic E-state index is 0.147. The molecule has 3 atom stereocenters. The molecule has 1 heterocycles. The quantitative estimate of drug-likeness (QED) is 0.882. The zero-order chi connectivity index (χ0) is 11.5. The number of hydrogen-bond acceptors (Lipinski definition) is 2. The lowest BCUT2D eigenvalue weighted by atomic mass is 9.95. The molecule has 2 rings (SSSR count). The molecule has 1 aliphatic carbocycles. The van der Waals surface area contributed by atoms with Gasteiger partial charge >= 0.3 is 0 Å². The van der Waals surface area contributed by atoms with Crippen molar-refractivity contribution in [3.8, 4) is 0 Å². The first-order chi connectivity index (χ1) is 7.70. The van der Waals surface area contributed by atoms with Crippen LogP contribution in [-0.2, 0) is 6.42 Å². The van der Waals surface area contributed by atoms with Crippen molar-refractivity contribution in [2.45, 2.75) is 45.1 Å². The Hall–Kier alpha value is 0.140. The molecule has 1 aliphatic rings. The van der Waals surface area contributed by atoms with E-state index in [1.807, 2.05) is 0 Å². The summed E-state index contributed by atoms with van der Waals surface area (Å²) in [6, 6.07) is 2.07. The third-order valence-electron chi connectivity index (χ3n) is 3.79. The molecule has 0 bridgehead atoms. The van der Waals surface area contributed by atoms with E-state index in [4.69, 9.17) is 0 Å². The molecular weight excluding hydrogens is 284 g/mol. The van der Waals surface area contributed by atoms with Gasteiger partial charge in [-0.1, -0.05) is 19.8 Å². The minimum atomic E-state index is -0.147. The number of aliphatic hydroxyl groups is 1. The van der Waals surface area contributed by atoms with Gasteiger partial charge in [-0.2, -0.15) is 0 Å². The lowest BCUT2D eigenvalue weighted by molar-refractivity contribution is 0.109. The minimum Gasteiger partial charge on any atom is -0.392 e. The van der Waals surface area contributed by atoms with Crippen LogP contribution in [0.15, 0.2) is 15.9 Å². The molecule has 1 N–H and O–H groups in total. The normalized spacial score (nSPS) is 27.2. The highest BCUT2D eigenvalue weighted by atomic mass is 79.9. The van der Waals surface area contributed by atoms with E-state index in [0.717, 1.165) is 16.8 Å².